The van der Waals surface area contributed by atoms with Crippen LogP contribution in [0.15, 0.2) is 53.3 Å². The summed E-state index contributed by atoms with van der Waals surface area (Å²) in [6.07, 6.45) is 5.47. The summed E-state index contributed by atoms with van der Waals surface area (Å²) in [6.45, 7) is 5.37. The van der Waals surface area contributed by atoms with Gasteiger partial charge in [0.25, 0.3) is 5.56 Å². The molecule has 1 saturated carbocycles. The molecule has 0 bridgehead atoms. The van der Waals surface area contributed by atoms with Crippen LogP contribution in [0.2, 0.25) is 0 Å². The zero-order chi connectivity index (χ0) is 26.3. The average Bonchev–Trinajstić information content (AvgIpc) is 3.74. The number of anilines is 1. The monoisotopic (exact) mass is 540 g/mol. The number of aromatic amines is 1. The number of H-pyrrole nitrogens is 1. The number of aryl methyl sites for hydroxylation is 1. The van der Waals surface area contributed by atoms with Crippen molar-refractivity contribution in [2.75, 3.05) is 31.1 Å². The van der Waals surface area contributed by atoms with Gasteiger partial charge in [-0.25, -0.2) is 9.67 Å². The van der Waals surface area contributed by atoms with Crippen molar-refractivity contribution in [1.82, 2.24) is 35.1 Å². The molecular weight excluding hydrogens is 508 g/mol. The summed E-state index contributed by atoms with van der Waals surface area (Å²) in [4.78, 5) is 26.4. The molecule has 0 spiro atoms. The highest BCUT2D eigenvalue weighted by Crippen LogP contribution is 2.35. The topological polar surface area (TPSA) is 95.8 Å². The largest absolute Gasteiger partial charge is 0.345 e. The Morgan fingerprint density at radius 1 is 1.05 bits per heavy atom. The van der Waals surface area contributed by atoms with E-state index in [1.54, 1.807) is 11.3 Å². The number of fused-ring (bicyclic) bond motifs is 2. The van der Waals surface area contributed by atoms with E-state index in [-0.39, 0.29) is 17.6 Å². The van der Waals surface area contributed by atoms with Crippen LogP contribution in [0.1, 0.15) is 61.6 Å². The number of nitrogens with zero attached hydrogens (tertiary/aromatic N) is 7. The van der Waals surface area contributed by atoms with Crippen molar-refractivity contribution in [3.05, 3.63) is 75.8 Å². The second-order valence-electron chi connectivity index (χ2n) is 10.6. The number of piperazine rings is 1. The van der Waals surface area contributed by atoms with Gasteiger partial charge in [-0.05, 0) is 71.0 Å². The van der Waals surface area contributed by atoms with Crippen molar-refractivity contribution in [1.29, 1.82) is 0 Å². The Labute approximate surface area is 230 Å². The molecule has 0 unspecified atom stereocenters. The lowest BCUT2D eigenvalue weighted by molar-refractivity contribution is 0.197. The van der Waals surface area contributed by atoms with E-state index in [4.69, 9.17) is 4.98 Å². The number of thiazole rings is 1. The first kappa shape index (κ1) is 24.4. The highest BCUT2D eigenvalue weighted by Gasteiger charge is 2.35. The summed E-state index contributed by atoms with van der Waals surface area (Å²) in [7, 11) is 0. The minimum absolute atomic E-state index is 0.0775. The Hall–Kier alpha value is -3.63. The third-order valence-electron chi connectivity index (χ3n) is 8.31. The van der Waals surface area contributed by atoms with Crippen LogP contribution in [0.4, 0.5) is 5.13 Å². The molecule has 39 heavy (non-hydrogen) atoms. The number of para-hydroxylation sites is 1. The van der Waals surface area contributed by atoms with Crippen molar-refractivity contribution in [2.45, 2.75) is 51.1 Å². The zero-order valence-electron chi connectivity index (χ0n) is 22.1. The summed E-state index contributed by atoms with van der Waals surface area (Å²) >= 11 is 1.74. The second-order valence-corrected chi connectivity index (χ2v) is 11.6. The molecule has 9 nitrogen and oxygen atoms in total. The highest BCUT2D eigenvalue weighted by molar-refractivity contribution is 7.22. The van der Waals surface area contributed by atoms with Gasteiger partial charge in [-0.2, -0.15) is 0 Å². The van der Waals surface area contributed by atoms with Gasteiger partial charge in [-0.1, -0.05) is 49.3 Å². The number of pyridine rings is 1. The van der Waals surface area contributed by atoms with Crippen molar-refractivity contribution >= 4 is 37.6 Å². The van der Waals surface area contributed by atoms with E-state index in [0.717, 1.165) is 72.8 Å². The Bertz CT molecular complexity index is 1640. The van der Waals surface area contributed by atoms with Crippen LogP contribution in [0, 0.1) is 0 Å². The van der Waals surface area contributed by atoms with E-state index in [1.807, 2.05) is 16.8 Å². The first-order valence-electron chi connectivity index (χ1n) is 14.0. The van der Waals surface area contributed by atoms with Crippen molar-refractivity contribution in [3.63, 3.8) is 0 Å². The first-order chi connectivity index (χ1) is 19.2. The van der Waals surface area contributed by atoms with Gasteiger partial charge in [0, 0.05) is 37.3 Å². The molecular formula is C29H32N8OS. The molecule has 2 fully saturated rings. The lowest BCUT2D eigenvalue weighted by Crippen LogP contribution is -2.49. The van der Waals surface area contributed by atoms with Crippen LogP contribution in [0.5, 0.6) is 0 Å². The van der Waals surface area contributed by atoms with Crippen LogP contribution in [0.25, 0.3) is 21.1 Å². The molecule has 10 heteroatoms. The van der Waals surface area contributed by atoms with Gasteiger partial charge in [0.05, 0.1) is 16.3 Å². The molecule has 2 aromatic carbocycles. The number of rotatable bonds is 6. The van der Waals surface area contributed by atoms with Gasteiger partial charge >= 0.3 is 0 Å². The molecule has 0 radical (unpaired) electrons. The SMILES string of the molecule is CCc1ccc2[nH]c(=O)c([C@H](c3nnnn3C3CCCC3)N3CCN(c4nc5ccccc5s4)CC3)cc2c1. The predicted octanol–water partition coefficient (Wildman–Crippen LogP) is 4.71. The molecule has 3 aromatic heterocycles. The van der Waals surface area contributed by atoms with Crippen LogP contribution in [0.3, 0.4) is 0 Å². The molecule has 2 aliphatic rings. The third-order valence-corrected chi connectivity index (χ3v) is 9.40. The predicted molar refractivity (Wildman–Crippen MR) is 155 cm³/mol. The lowest BCUT2D eigenvalue weighted by Gasteiger charge is -2.38. The maximum atomic E-state index is 13.6. The summed E-state index contributed by atoms with van der Waals surface area (Å²) in [5.41, 5.74) is 3.78. The van der Waals surface area contributed by atoms with Gasteiger partial charge < -0.3 is 9.88 Å². The zero-order valence-corrected chi connectivity index (χ0v) is 22.9. The number of benzene rings is 2. The molecule has 1 atom stereocenters. The Balaban J connectivity index is 1.26. The normalized spacial score (nSPS) is 17.9. The molecule has 1 aliphatic heterocycles. The molecule has 7 rings (SSSR count). The fourth-order valence-corrected chi connectivity index (χ4v) is 7.17. The highest BCUT2D eigenvalue weighted by atomic mass is 32.1. The molecule has 4 heterocycles. The third kappa shape index (κ3) is 4.51. The Kier molecular flexibility index (Phi) is 6.36. The molecule has 0 amide bonds. The van der Waals surface area contributed by atoms with E-state index in [2.05, 4.69) is 73.6 Å². The molecule has 1 aliphatic carbocycles. The average molecular weight is 541 g/mol. The maximum absolute atomic E-state index is 13.6. The summed E-state index contributed by atoms with van der Waals surface area (Å²) < 4.78 is 3.21. The van der Waals surface area contributed by atoms with Gasteiger partial charge in [0.15, 0.2) is 11.0 Å². The fourth-order valence-electron chi connectivity index (χ4n) is 6.15. The molecule has 1 saturated heterocycles. The number of tetrazole rings is 1. The van der Waals surface area contributed by atoms with Gasteiger partial charge in [0.2, 0.25) is 0 Å². The fraction of sp³-hybridized carbons (Fsp3) is 0.414. The van der Waals surface area contributed by atoms with E-state index >= 15 is 0 Å². The summed E-state index contributed by atoms with van der Waals surface area (Å²) in [5, 5.41) is 15.2. The van der Waals surface area contributed by atoms with Crippen LogP contribution in [-0.4, -0.2) is 61.3 Å². The van der Waals surface area contributed by atoms with Gasteiger partial charge in [-0.3, -0.25) is 9.69 Å². The van der Waals surface area contributed by atoms with Crippen molar-refractivity contribution < 1.29 is 0 Å². The molecule has 5 aromatic rings. The van der Waals surface area contributed by atoms with Crippen LogP contribution in [-0.2, 0) is 6.42 Å². The van der Waals surface area contributed by atoms with Crippen LogP contribution >= 0.6 is 11.3 Å². The maximum Gasteiger partial charge on any atom is 0.253 e. The second kappa shape index (κ2) is 10.2. The minimum Gasteiger partial charge on any atom is -0.345 e. The van der Waals surface area contributed by atoms with E-state index < -0.39 is 0 Å². The number of hydrogen-bond acceptors (Lipinski definition) is 8. The number of aromatic nitrogens is 6. The van der Waals surface area contributed by atoms with Gasteiger partial charge in [0.1, 0.15) is 6.04 Å². The van der Waals surface area contributed by atoms with Crippen LogP contribution < -0.4 is 10.5 Å². The Morgan fingerprint density at radius 3 is 2.67 bits per heavy atom. The number of nitrogens with one attached hydrogen (secondary N) is 1. The van der Waals surface area contributed by atoms with E-state index in [0.29, 0.717) is 5.56 Å². The van der Waals surface area contributed by atoms with Crippen molar-refractivity contribution in [2.24, 2.45) is 0 Å². The smallest absolute Gasteiger partial charge is 0.253 e. The first-order valence-corrected chi connectivity index (χ1v) is 14.8. The van der Waals surface area contributed by atoms with Gasteiger partial charge in [-0.15, -0.1) is 5.10 Å². The Morgan fingerprint density at radius 2 is 1.87 bits per heavy atom. The summed E-state index contributed by atoms with van der Waals surface area (Å²) in [5.74, 6) is 0.770. The number of hydrogen-bond donors (Lipinski definition) is 1. The lowest BCUT2D eigenvalue weighted by atomic mass is 10.0. The standard InChI is InChI=1S/C29H32N8OS/c1-2-19-11-12-23-20(17-19)18-22(28(38)30-23)26(27-32-33-34-37(27)21-7-3-4-8-21)35-13-15-36(16-14-35)29-31-24-9-5-6-10-25(24)39-29/h5-6,9-12,17-18,21,26H,2-4,7-8,13-16H2,1H3,(H,30,38)/t26-/m1/s1. The van der Waals surface area contributed by atoms with E-state index in [1.165, 1.54) is 23.1 Å². The minimum atomic E-state index is -0.323. The molecule has 200 valence electrons. The van der Waals surface area contributed by atoms with E-state index in [9.17, 15) is 4.79 Å². The van der Waals surface area contributed by atoms with Crippen molar-refractivity contribution in [3.8, 4) is 0 Å². The quantitative estimate of drug-likeness (QED) is 0.333. The summed E-state index contributed by atoms with van der Waals surface area (Å²) in [6, 6.07) is 16.6. The molecule has 1 N–H and O–H groups in total.